The molecule has 1 fully saturated rings. The molecule has 1 aromatic rings. The van der Waals surface area contributed by atoms with Gasteiger partial charge in [0, 0.05) is 25.7 Å². The highest BCUT2D eigenvalue weighted by molar-refractivity contribution is 5.97. The van der Waals surface area contributed by atoms with Crippen molar-refractivity contribution in [1.29, 1.82) is 0 Å². The van der Waals surface area contributed by atoms with E-state index < -0.39 is 11.6 Å². The van der Waals surface area contributed by atoms with E-state index in [2.05, 4.69) is 4.98 Å². The average molecular weight is 419 g/mol. The Morgan fingerprint density at radius 3 is 2.33 bits per heavy atom. The van der Waals surface area contributed by atoms with Gasteiger partial charge in [-0.1, -0.05) is 6.07 Å². The topological polar surface area (TPSA) is 106 Å². The summed E-state index contributed by atoms with van der Waals surface area (Å²) in [7, 11) is 1.29. The maximum absolute atomic E-state index is 13.0. The molecule has 3 rings (SSSR count). The van der Waals surface area contributed by atoms with Gasteiger partial charge in [0.1, 0.15) is 23.8 Å². The number of hydrogen-bond donors (Lipinski definition) is 0. The van der Waals surface area contributed by atoms with Crippen molar-refractivity contribution >= 4 is 24.8 Å². The van der Waals surface area contributed by atoms with E-state index in [1.807, 2.05) is 32.5 Å². The number of esters is 1. The molecule has 0 spiro atoms. The summed E-state index contributed by atoms with van der Waals surface area (Å²) in [5.41, 5.74) is 0.781. The van der Waals surface area contributed by atoms with Crippen LogP contribution in [0.3, 0.4) is 0 Å². The SMILES string of the molecule is C=O.COC(=O)c1ccc2c(n1)C(=O)N(C1CCN(C(=O)OC(C)(C)C)CC1)CC2. The van der Waals surface area contributed by atoms with Crippen LogP contribution in [0.4, 0.5) is 4.79 Å². The summed E-state index contributed by atoms with van der Waals surface area (Å²) in [6, 6.07) is 3.41. The number of carbonyl (C=O) groups excluding carboxylic acids is 4. The van der Waals surface area contributed by atoms with Gasteiger partial charge < -0.3 is 24.1 Å². The zero-order chi connectivity index (χ0) is 22.5. The van der Waals surface area contributed by atoms with Crippen molar-refractivity contribution in [3.05, 3.63) is 29.1 Å². The molecule has 164 valence electrons. The summed E-state index contributed by atoms with van der Waals surface area (Å²) >= 11 is 0. The summed E-state index contributed by atoms with van der Waals surface area (Å²) in [5.74, 6) is -0.721. The van der Waals surface area contributed by atoms with Gasteiger partial charge >= 0.3 is 12.1 Å². The minimum absolute atomic E-state index is 0.0444. The highest BCUT2D eigenvalue weighted by Crippen LogP contribution is 2.25. The van der Waals surface area contributed by atoms with E-state index in [0.717, 1.165) is 5.56 Å². The van der Waals surface area contributed by atoms with Gasteiger partial charge in [-0.2, -0.15) is 0 Å². The predicted octanol–water partition coefficient (Wildman–Crippen LogP) is 2.08. The van der Waals surface area contributed by atoms with E-state index in [1.54, 1.807) is 17.0 Å². The smallest absolute Gasteiger partial charge is 0.410 e. The summed E-state index contributed by atoms with van der Waals surface area (Å²) in [4.78, 5) is 52.7. The molecule has 2 aliphatic heterocycles. The van der Waals surface area contributed by atoms with Crippen LogP contribution in [0.15, 0.2) is 12.1 Å². The van der Waals surface area contributed by atoms with Gasteiger partial charge in [-0.25, -0.2) is 14.6 Å². The van der Waals surface area contributed by atoms with E-state index in [1.165, 1.54) is 7.11 Å². The van der Waals surface area contributed by atoms with Crippen molar-refractivity contribution in [3.63, 3.8) is 0 Å². The molecule has 0 aromatic carbocycles. The van der Waals surface area contributed by atoms with Crippen LogP contribution in [0.25, 0.3) is 0 Å². The van der Waals surface area contributed by atoms with E-state index in [0.29, 0.717) is 44.6 Å². The van der Waals surface area contributed by atoms with Gasteiger partial charge in [0.25, 0.3) is 5.91 Å². The van der Waals surface area contributed by atoms with Gasteiger partial charge in [-0.3, -0.25) is 4.79 Å². The Morgan fingerprint density at radius 1 is 1.13 bits per heavy atom. The molecule has 0 saturated carbocycles. The maximum Gasteiger partial charge on any atom is 0.410 e. The quantitative estimate of drug-likeness (QED) is 0.676. The molecule has 0 N–H and O–H groups in total. The van der Waals surface area contributed by atoms with Crippen molar-refractivity contribution in [2.75, 3.05) is 26.7 Å². The van der Waals surface area contributed by atoms with Crippen LogP contribution in [0.2, 0.25) is 0 Å². The number of pyridine rings is 1. The molecule has 2 amide bonds. The van der Waals surface area contributed by atoms with E-state index >= 15 is 0 Å². The molecule has 0 radical (unpaired) electrons. The first-order valence-electron chi connectivity index (χ1n) is 9.85. The van der Waals surface area contributed by atoms with E-state index in [-0.39, 0.29) is 23.7 Å². The third-order valence-electron chi connectivity index (χ3n) is 5.02. The molecule has 0 atom stereocenters. The summed E-state index contributed by atoms with van der Waals surface area (Å²) in [5, 5.41) is 0. The number of aromatic nitrogens is 1. The normalized spacial score (nSPS) is 16.9. The fourth-order valence-corrected chi connectivity index (χ4v) is 3.61. The lowest BCUT2D eigenvalue weighted by Crippen LogP contribution is -2.51. The summed E-state index contributed by atoms with van der Waals surface area (Å²) < 4.78 is 10.1. The zero-order valence-corrected chi connectivity index (χ0v) is 18.0. The fraction of sp³-hybridized carbons (Fsp3) is 0.571. The van der Waals surface area contributed by atoms with Crippen LogP contribution < -0.4 is 0 Å². The van der Waals surface area contributed by atoms with Crippen LogP contribution in [-0.4, -0.2) is 77.9 Å². The second kappa shape index (κ2) is 9.69. The van der Waals surface area contributed by atoms with Crippen LogP contribution in [0, 0.1) is 0 Å². The number of ether oxygens (including phenoxy) is 2. The van der Waals surface area contributed by atoms with Gasteiger partial charge in [0.15, 0.2) is 0 Å². The van der Waals surface area contributed by atoms with E-state index in [4.69, 9.17) is 14.3 Å². The first kappa shape index (κ1) is 23.3. The van der Waals surface area contributed by atoms with Gasteiger partial charge in [0.05, 0.1) is 7.11 Å². The van der Waals surface area contributed by atoms with Crippen molar-refractivity contribution in [1.82, 2.24) is 14.8 Å². The monoisotopic (exact) mass is 419 g/mol. The zero-order valence-electron chi connectivity index (χ0n) is 18.0. The second-order valence-corrected chi connectivity index (χ2v) is 8.14. The average Bonchev–Trinajstić information content (AvgIpc) is 2.73. The molecule has 1 saturated heterocycles. The minimum atomic E-state index is -0.557. The maximum atomic E-state index is 13.0. The number of fused-ring (bicyclic) bond motifs is 1. The van der Waals surface area contributed by atoms with Gasteiger partial charge in [-0.15, -0.1) is 0 Å². The molecule has 30 heavy (non-hydrogen) atoms. The number of methoxy groups -OCH3 is 1. The van der Waals surface area contributed by atoms with Crippen LogP contribution in [0.5, 0.6) is 0 Å². The number of nitrogens with zero attached hydrogens (tertiary/aromatic N) is 3. The Labute approximate surface area is 176 Å². The predicted molar refractivity (Wildman–Crippen MR) is 108 cm³/mol. The van der Waals surface area contributed by atoms with Crippen LogP contribution in [0.1, 0.15) is 60.2 Å². The number of piperidine rings is 1. The Balaban J connectivity index is 0.00000155. The summed E-state index contributed by atoms with van der Waals surface area (Å²) in [6.07, 6.45) is 1.76. The van der Waals surface area contributed by atoms with Crippen LogP contribution >= 0.6 is 0 Å². The van der Waals surface area contributed by atoms with Crippen molar-refractivity contribution in [3.8, 4) is 0 Å². The Morgan fingerprint density at radius 2 is 1.77 bits per heavy atom. The third kappa shape index (κ3) is 5.34. The Bertz CT molecular complexity index is 796. The number of likely N-dealkylation sites (tertiary alicyclic amines) is 1. The first-order valence-corrected chi connectivity index (χ1v) is 9.85. The minimum Gasteiger partial charge on any atom is -0.464 e. The molecule has 0 unspecified atom stereocenters. The lowest BCUT2D eigenvalue weighted by atomic mass is 9.97. The van der Waals surface area contributed by atoms with Crippen LogP contribution in [-0.2, 0) is 20.7 Å². The van der Waals surface area contributed by atoms with Gasteiger partial charge in [-0.05, 0) is 51.7 Å². The van der Waals surface area contributed by atoms with Crippen molar-refractivity contribution in [2.45, 2.75) is 51.7 Å². The highest BCUT2D eigenvalue weighted by Gasteiger charge is 2.35. The van der Waals surface area contributed by atoms with E-state index in [9.17, 15) is 14.4 Å². The first-order chi connectivity index (χ1) is 14.2. The molecular formula is C21H29N3O6. The van der Waals surface area contributed by atoms with Gasteiger partial charge in [0.2, 0.25) is 0 Å². The standard InChI is InChI=1S/C20H27N3O5.CH2O/c1-20(2,3)28-19(26)22-10-8-14(9-11-22)23-12-7-13-5-6-15(18(25)27-4)21-16(13)17(23)24;1-2/h5-6,14H,7-12H2,1-4H3;1H2. The largest absolute Gasteiger partial charge is 0.464 e. The molecule has 2 aliphatic rings. The second-order valence-electron chi connectivity index (χ2n) is 8.14. The molecule has 3 heterocycles. The molecule has 9 nitrogen and oxygen atoms in total. The molecule has 9 heteroatoms. The number of hydrogen-bond acceptors (Lipinski definition) is 7. The van der Waals surface area contributed by atoms with Crippen molar-refractivity contribution in [2.24, 2.45) is 0 Å². The number of rotatable bonds is 2. The third-order valence-corrected chi connectivity index (χ3v) is 5.02. The fourth-order valence-electron chi connectivity index (χ4n) is 3.61. The number of carbonyl (C=O) groups is 4. The lowest BCUT2D eigenvalue weighted by Gasteiger charge is -2.40. The summed E-state index contributed by atoms with van der Waals surface area (Å²) in [6.45, 7) is 9.24. The highest BCUT2D eigenvalue weighted by atomic mass is 16.6. The van der Waals surface area contributed by atoms with Crippen molar-refractivity contribution < 1.29 is 28.7 Å². The Kier molecular flexibility index (Phi) is 7.53. The molecule has 0 aliphatic carbocycles. The Hall–Kier alpha value is -2.97. The number of amides is 2. The molecule has 0 bridgehead atoms. The molecular weight excluding hydrogens is 390 g/mol. The lowest BCUT2D eigenvalue weighted by molar-refractivity contribution is -0.0980. The molecule has 1 aromatic heterocycles.